The number of H-pyrrole nitrogens is 1. The van der Waals surface area contributed by atoms with Crippen LogP contribution < -0.4 is 0 Å². The van der Waals surface area contributed by atoms with E-state index in [2.05, 4.69) is 26.1 Å². The largest absolute Gasteiger partial charge is 0.466 e. The van der Waals surface area contributed by atoms with Crippen LogP contribution in [0.25, 0.3) is 0 Å². The fraction of sp³-hybridized carbons (Fsp3) is 0.250. The topological polar surface area (TPSA) is 106 Å². The van der Waals surface area contributed by atoms with Gasteiger partial charge in [0.2, 0.25) is 0 Å². The lowest BCUT2D eigenvalue weighted by molar-refractivity contribution is 0.275. The molecule has 70 valence electrons. The molecule has 1 rings (SSSR count). The minimum absolute atomic E-state index is 1.03. The maximum Gasteiger partial charge on any atom is 0.466 e. The van der Waals surface area contributed by atoms with Crippen LogP contribution in [0.4, 0.5) is 0 Å². The second kappa shape index (κ2) is 4.74. The lowest BCUT2D eigenvalue weighted by Gasteiger charge is -1.82. The van der Waals surface area contributed by atoms with Crippen molar-refractivity contribution in [3.8, 4) is 0 Å². The molecular weight excluding hydrogens is 251 g/mol. The molecule has 0 aliphatic heterocycles. The van der Waals surface area contributed by atoms with Crippen LogP contribution in [0, 0.1) is 6.92 Å². The van der Waals surface area contributed by atoms with Gasteiger partial charge in [0.25, 0.3) is 0 Å². The highest BCUT2D eigenvalue weighted by atomic mass is 79.9. The third kappa shape index (κ3) is 7.90. The van der Waals surface area contributed by atoms with Crippen LogP contribution in [0.5, 0.6) is 0 Å². The minimum atomic E-state index is -4.64. The molecule has 0 aliphatic carbocycles. The molecule has 0 aliphatic rings. The van der Waals surface area contributed by atoms with Gasteiger partial charge < -0.3 is 14.7 Å². The average molecular weight is 259 g/mol. The normalized spacial score (nSPS) is 10.4. The summed E-state index contributed by atoms with van der Waals surface area (Å²) in [6, 6.07) is 0. The van der Waals surface area contributed by atoms with Crippen LogP contribution >= 0.6 is 23.8 Å². The van der Waals surface area contributed by atoms with Crippen LogP contribution in [0.3, 0.4) is 0 Å². The van der Waals surface area contributed by atoms with Gasteiger partial charge in [-0.1, -0.05) is 0 Å². The van der Waals surface area contributed by atoms with E-state index in [4.69, 9.17) is 19.2 Å². The maximum absolute atomic E-state index is 8.88. The second-order valence-electron chi connectivity index (χ2n) is 1.86. The molecule has 0 saturated carbocycles. The Morgan fingerprint density at radius 2 is 2.00 bits per heavy atom. The third-order valence-corrected chi connectivity index (χ3v) is 1.57. The van der Waals surface area contributed by atoms with Crippen molar-refractivity contribution in [2.75, 3.05) is 0 Å². The Morgan fingerprint density at radius 3 is 2.08 bits per heavy atom. The molecule has 0 atom stereocenters. The van der Waals surface area contributed by atoms with E-state index in [1.165, 1.54) is 0 Å². The number of aromatic nitrogens is 2. The van der Waals surface area contributed by atoms with E-state index >= 15 is 0 Å². The second-order valence-corrected chi connectivity index (χ2v) is 3.74. The maximum atomic E-state index is 8.88. The van der Waals surface area contributed by atoms with Gasteiger partial charge in [0.1, 0.15) is 0 Å². The summed E-state index contributed by atoms with van der Waals surface area (Å²) >= 11 is 3.27. The molecule has 1 heterocycles. The third-order valence-electron chi connectivity index (χ3n) is 0.768. The fourth-order valence-corrected chi connectivity index (χ4v) is 0.527. The Bertz CT molecular complexity index is 258. The van der Waals surface area contributed by atoms with Gasteiger partial charge in [-0.15, -0.1) is 0 Å². The molecule has 0 unspecified atom stereocenters. The minimum Gasteiger partial charge on any atom is -0.303 e. The van der Waals surface area contributed by atoms with E-state index in [9.17, 15) is 0 Å². The van der Waals surface area contributed by atoms with E-state index in [-0.39, 0.29) is 0 Å². The van der Waals surface area contributed by atoms with E-state index in [0.717, 1.165) is 10.2 Å². The molecule has 1 aromatic heterocycles. The van der Waals surface area contributed by atoms with Crippen LogP contribution in [0.1, 0.15) is 5.69 Å². The van der Waals surface area contributed by atoms with Crippen LogP contribution in [-0.2, 0) is 4.57 Å². The summed E-state index contributed by atoms with van der Waals surface area (Å²) in [5.41, 5.74) is 1.07. The SMILES string of the molecule is Cc1[nH]ncc1Br.O=P(O)(O)O. The molecule has 6 nitrogen and oxygen atoms in total. The zero-order valence-corrected chi connectivity index (χ0v) is 8.58. The first-order chi connectivity index (χ1) is 5.30. The molecule has 0 saturated heterocycles. The van der Waals surface area contributed by atoms with Gasteiger partial charge in [-0.05, 0) is 22.9 Å². The predicted octanol–water partition coefficient (Wildman–Crippen LogP) is 0.552. The zero-order valence-electron chi connectivity index (χ0n) is 6.10. The number of hydrogen-bond donors (Lipinski definition) is 4. The summed E-state index contributed by atoms with van der Waals surface area (Å²) in [5, 5.41) is 6.52. The van der Waals surface area contributed by atoms with Crippen molar-refractivity contribution in [1.82, 2.24) is 10.2 Å². The van der Waals surface area contributed by atoms with Crippen LogP contribution in [0.15, 0.2) is 10.7 Å². The molecule has 0 amide bonds. The highest BCUT2D eigenvalue weighted by molar-refractivity contribution is 9.10. The first-order valence-corrected chi connectivity index (χ1v) is 5.10. The summed E-state index contributed by atoms with van der Waals surface area (Å²) in [4.78, 5) is 21.6. The zero-order chi connectivity index (χ0) is 9.78. The summed E-state index contributed by atoms with van der Waals surface area (Å²) in [7, 11) is -4.64. The van der Waals surface area contributed by atoms with Crippen molar-refractivity contribution in [3.05, 3.63) is 16.4 Å². The van der Waals surface area contributed by atoms with Gasteiger partial charge in [-0.3, -0.25) is 5.10 Å². The van der Waals surface area contributed by atoms with Gasteiger partial charge in [-0.2, -0.15) is 5.10 Å². The van der Waals surface area contributed by atoms with Crippen molar-refractivity contribution >= 4 is 23.8 Å². The van der Waals surface area contributed by atoms with E-state index in [1.807, 2.05) is 6.92 Å². The highest BCUT2D eigenvalue weighted by Crippen LogP contribution is 2.25. The van der Waals surface area contributed by atoms with Gasteiger partial charge >= 0.3 is 7.82 Å². The number of phosphoric acid groups is 1. The Labute approximate surface area is 77.0 Å². The van der Waals surface area contributed by atoms with Crippen molar-refractivity contribution in [2.45, 2.75) is 6.92 Å². The molecule has 0 bridgehead atoms. The summed E-state index contributed by atoms with van der Waals surface area (Å²) in [6.07, 6.45) is 1.73. The summed E-state index contributed by atoms with van der Waals surface area (Å²) < 4.78 is 9.92. The van der Waals surface area contributed by atoms with E-state index < -0.39 is 7.82 Å². The van der Waals surface area contributed by atoms with Crippen molar-refractivity contribution in [2.24, 2.45) is 0 Å². The van der Waals surface area contributed by atoms with Crippen molar-refractivity contribution in [3.63, 3.8) is 0 Å². The van der Waals surface area contributed by atoms with Gasteiger partial charge in [0, 0.05) is 5.69 Å². The lowest BCUT2D eigenvalue weighted by atomic mass is 10.5. The Kier molecular flexibility index (Phi) is 4.66. The number of aromatic amines is 1. The lowest BCUT2D eigenvalue weighted by Crippen LogP contribution is -1.67. The van der Waals surface area contributed by atoms with E-state index in [1.54, 1.807) is 6.20 Å². The predicted molar refractivity (Wildman–Crippen MR) is 45.3 cm³/mol. The molecule has 8 heteroatoms. The van der Waals surface area contributed by atoms with Crippen molar-refractivity contribution < 1.29 is 19.2 Å². The number of halogens is 1. The van der Waals surface area contributed by atoms with E-state index in [0.29, 0.717) is 0 Å². The molecule has 0 radical (unpaired) electrons. The monoisotopic (exact) mass is 258 g/mol. The summed E-state index contributed by atoms with van der Waals surface area (Å²) in [6.45, 7) is 1.96. The average Bonchev–Trinajstić information content (AvgIpc) is 2.12. The molecule has 1 aromatic rings. The van der Waals surface area contributed by atoms with Gasteiger partial charge in [0.05, 0.1) is 10.7 Å². The van der Waals surface area contributed by atoms with Crippen molar-refractivity contribution in [1.29, 1.82) is 0 Å². The molecular formula is C4H8BrN2O4P. The number of nitrogens with one attached hydrogen (secondary N) is 1. The van der Waals surface area contributed by atoms with Gasteiger partial charge in [-0.25, -0.2) is 4.57 Å². The first kappa shape index (κ1) is 11.8. The Balaban J connectivity index is 0.000000217. The van der Waals surface area contributed by atoms with Crippen LogP contribution in [-0.4, -0.2) is 24.9 Å². The smallest absolute Gasteiger partial charge is 0.303 e. The molecule has 12 heavy (non-hydrogen) atoms. The van der Waals surface area contributed by atoms with Crippen LogP contribution in [0.2, 0.25) is 0 Å². The fourth-order valence-electron chi connectivity index (χ4n) is 0.336. The Hall–Kier alpha value is -0.200. The Morgan fingerprint density at radius 1 is 1.58 bits per heavy atom. The molecule has 0 aromatic carbocycles. The molecule has 4 N–H and O–H groups in total. The molecule has 0 spiro atoms. The molecule has 0 fully saturated rings. The quantitative estimate of drug-likeness (QED) is 0.509. The number of nitrogens with zero attached hydrogens (tertiary/aromatic N) is 1. The number of rotatable bonds is 0. The highest BCUT2D eigenvalue weighted by Gasteiger charge is 2.00. The summed E-state index contributed by atoms with van der Waals surface area (Å²) in [5.74, 6) is 0. The van der Waals surface area contributed by atoms with Gasteiger partial charge in [0.15, 0.2) is 0 Å². The number of hydrogen-bond acceptors (Lipinski definition) is 2. The standard InChI is InChI=1S/C4H5BrN2.H3O4P/c1-3-4(5)2-6-7-3;1-5(2,3)4/h2H,1H3,(H,6,7);(H3,1,2,3,4). The first-order valence-electron chi connectivity index (χ1n) is 2.74. The number of aryl methyl sites for hydroxylation is 1.